The Bertz CT molecular complexity index is 1350. The predicted molar refractivity (Wildman–Crippen MR) is 99.3 cm³/mol. The monoisotopic (exact) mass is 419 g/mol. The first kappa shape index (κ1) is 18.1. The van der Waals surface area contributed by atoms with Crippen LogP contribution in [0.15, 0.2) is 47.2 Å². The van der Waals surface area contributed by atoms with E-state index in [0.29, 0.717) is 21.9 Å². The largest absolute Gasteiger partial charge is 0.305 e. The van der Waals surface area contributed by atoms with E-state index in [9.17, 15) is 22.9 Å². The van der Waals surface area contributed by atoms with Crippen LogP contribution in [0.3, 0.4) is 0 Å². The van der Waals surface area contributed by atoms with Crippen molar-refractivity contribution < 1.29 is 17.7 Å². The van der Waals surface area contributed by atoms with Crippen LogP contribution in [-0.4, -0.2) is 38.9 Å². The van der Waals surface area contributed by atoms with E-state index in [2.05, 4.69) is 15.0 Å². The van der Waals surface area contributed by atoms with Gasteiger partial charge in [-0.05, 0) is 18.2 Å². The number of rotatable bonds is 4. The Kier molecular flexibility index (Phi) is 4.16. The second-order valence-corrected chi connectivity index (χ2v) is 8.57. The van der Waals surface area contributed by atoms with Gasteiger partial charge < -0.3 is 0 Å². The minimum absolute atomic E-state index is 0.267. The van der Waals surface area contributed by atoms with Crippen molar-refractivity contribution >= 4 is 31.8 Å². The summed E-state index contributed by atoms with van der Waals surface area (Å²) in [6.07, 6.45) is 4.01. The minimum atomic E-state index is -3.65. The maximum atomic E-state index is 13.7. The highest BCUT2D eigenvalue weighted by Gasteiger charge is 2.23. The summed E-state index contributed by atoms with van der Waals surface area (Å²) >= 11 is 1.32. The molecule has 1 aromatic carbocycles. The predicted octanol–water partition coefficient (Wildman–Crippen LogP) is 2.97. The molecule has 3 aromatic heterocycles. The molecule has 4 rings (SSSR count). The second-order valence-electron chi connectivity index (χ2n) is 5.78. The summed E-state index contributed by atoms with van der Waals surface area (Å²) in [4.78, 5) is 23.2. The van der Waals surface area contributed by atoms with Gasteiger partial charge in [0, 0.05) is 35.7 Å². The maximum Gasteiger partial charge on any atom is 0.305 e. The minimum Gasteiger partial charge on any atom is -0.288 e. The topological polar surface area (TPSA) is 120 Å². The number of nitro benzene ring substituents is 1. The van der Waals surface area contributed by atoms with Crippen molar-refractivity contribution in [2.75, 3.05) is 6.26 Å². The number of sulfone groups is 1. The molecular weight excluding hydrogens is 409 g/mol. The normalized spacial score (nSPS) is 11.8. The average Bonchev–Trinajstić information content (AvgIpc) is 3.22. The number of fused-ring (bicyclic) bond motifs is 1. The summed E-state index contributed by atoms with van der Waals surface area (Å²) in [5, 5.41) is 12.5. The van der Waals surface area contributed by atoms with Crippen molar-refractivity contribution in [3.63, 3.8) is 0 Å². The molecule has 0 bridgehead atoms. The van der Waals surface area contributed by atoms with E-state index in [1.807, 2.05) is 0 Å². The molecule has 0 fully saturated rings. The van der Waals surface area contributed by atoms with Crippen LogP contribution in [-0.2, 0) is 9.84 Å². The zero-order valence-electron chi connectivity index (χ0n) is 14.1. The number of hydrogen-bond donors (Lipinski definition) is 0. The summed E-state index contributed by atoms with van der Waals surface area (Å²) in [6, 6.07) is 4.96. The van der Waals surface area contributed by atoms with Crippen molar-refractivity contribution in [2.24, 2.45) is 0 Å². The molecule has 12 heteroatoms. The molecule has 0 aliphatic heterocycles. The van der Waals surface area contributed by atoms with Crippen LogP contribution in [0.5, 0.6) is 0 Å². The van der Waals surface area contributed by atoms with Crippen LogP contribution in [0.25, 0.3) is 27.6 Å². The van der Waals surface area contributed by atoms with Crippen LogP contribution in [0.2, 0.25) is 0 Å². The van der Waals surface area contributed by atoms with Gasteiger partial charge in [-0.3, -0.25) is 14.5 Å². The van der Waals surface area contributed by atoms with E-state index in [-0.39, 0.29) is 10.9 Å². The Morgan fingerprint density at radius 3 is 2.75 bits per heavy atom. The third-order valence-electron chi connectivity index (χ3n) is 3.89. The van der Waals surface area contributed by atoms with E-state index in [0.717, 1.165) is 18.4 Å². The summed E-state index contributed by atoms with van der Waals surface area (Å²) in [7, 11) is -3.65. The van der Waals surface area contributed by atoms with Gasteiger partial charge in [0.25, 0.3) is 0 Å². The number of hydrogen-bond acceptors (Lipinski definition) is 8. The fourth-order valence-electron chi connectivity index (χ4n) is 2.68. The van der Waals surface area contributed by atoms with E-state index in [4.69, 9.17) is 0 Å². The Morgan fingerprint density at radius 1 is 1.25 bits per heavy atom. The number of thiazole rings is 1. The molecule has 9 nitrogen and oxygen atoms in total. The van der Waals surface area contributed by atoms with Crippen molar-refractivity contribution in [2.45, 2.75) is 5.16 Å². The molecule has 0 saturated heterocycles. The number of aromatic nitrogens is 4. The molecular formula is C16H10FN5O4S2. The van der Waals surface area contributed by atoms with E-state index >= 15 is 0 Å². The van der Waals surface area contributed by atoms with Gasteiger partial charge in [-0.15, -0.1) is 11.3 Å². The van der Waals surface area contributed by atoms with Gasteiger partial charge in [-0.25, -0.2) is 23.4 Å². The lowest BCUT2D eigenvalue weighted by atomic mass is 10.1. The van der Waals surface area contributed by atoms with Gasteiger partial charge in [0.2, 0.25) is 20.8 Å². The number of halogens is 1. The number of benzene rings is 1. The molecule has 0 aliphatic carbocycles. The molecule has 0 amide bonds. The average molecular weight is 419 g/mol. The molecule has 142 valence electrons. The molecule has 0 aliphatic rings. The van der Waals surface area contributed by atoms with Crippen molar-refractivity contribution in [1.82, 2.24) is 19.4 Å². The maximum absolute atomic E-state index is 13.7. The highest BCUT2D eigenvalue weighted by atomic mass is 32.2. The Hall–Kier alpha value is -3.25. The highest BCUT2D eigenvalue weighted by Crippen LogP contribution is 2.35. The molecule has 0 N–H and O–H groups in total. The summed E-state index contributed by atoms with van der Waals surface area (Å²) in [6.45, 7) is 0. The van der Waals surface area contributed by atoms with Gasteiger partial charge >= 0.3 is 5.69 Å². The highest BCUT2D eigenvalue weighted by molar-refractivity contribution is 7.90. The summed E-state index contributed by atoms with van der Waals surface area (Å²) < 4.78 is 39.1. The molecule has 3 heterocycles. The van der Waals surface area contributed by atoms with E-state index < -0.39 is 26.3 Å². The first-order valence-corrected chi connectivity index (χ1v) is 10.5. The Labute approximate surface area is 161 Å². The quantitative estimate of drug-likeness (QED) is 0.283. The van der Waals surface area contributed by atoms with Crippen LogP contribution in [0.1, 0.15) is 0 Å². The van der Waals surface area contributed by atoms with Crippen molar-refractivity contribution in [3.8, 4) is 22.6 Å². The van der Waals surface area contributed by atoms with Gasteiger partial charge in [0.15, 0.2) is 4.96 Å². The summed E-state index contributed by atoms with van der Waals surface area (Å²) in [5.74, 6) is -0.960. The zero-order valence-corrected chi connectivity index (χ0v) is 15.7. The number of nitrogens with zero attached hydrogens (tertiary/aromatic N) is 5. The lowest BCUT2D eigenvalue weighted by Crippen LogP contribution is -2.05. The molecule has 0 radical (unpaired) electrons. The molecule has 0 unspecified atom stereocenters. The van der Waals surface area contributed by atoms with Crippen LogP contribution >= 0.6 is 11.3 Å². The molecule has 0 spiro atoms. The van der Waals surface area contributed by atoms with Gasteiger partial charge in [-0.1, -0.05) is 0 Å². The number of nitro groups is 1. The fraction of sp³-hybridized carbons (Fsp3) is 0.0625. The second kappa shape index (κ2) is 6.42. The SMILES string of the molecule is CS(=O)(=O)c1nccc(-c2c(-c3ccc(F)c([N+](=O)[O-])c3)nc3sccn23)n1. The first-order chi connectivity index (χ1) is 13.3. The van der Waals surface area contributed by atoms with E-state index in [1.165, 1.54) is 29.7 Å². The van der Waals surface area contributed by atoms with Crippen LogP contribution < -0.4 is 0 Å². The van der Waals surface area contributed by atoms with Crippen molar-refractivity contribution in [1.29, 1.82) is 0 Å². The van der Waals surface area contributed by atoms with Gasteiger partial charge in [0.05, 0.1) is 10.6 Å². The smallest absolute Gasteiger partial charge is 0.288 e. The van der Waals surface area contributed by atoms with Crippen molar-refractivity contribution in [3.05, 3.63) is 58.0 Å². The van der Waals surface area contributed by atoms with Crippen LogP contribution in [0.4, 0.5) is 10.1 Å². The first-order valence-electron chi connectivity index (χ1n) is 7.69. The van der Waals surface area contributed by atoms with Gasteiger partial charge in [-0.2, -0.15) is 4.39 Å². The summed E-state index contributed by atoms with van der Waals surface area (Å²) in [5.41, 5.74) is 0.624. The zero-order chi connectivity index (χ0) is 20.1. The lowest BCUT2D eigenvalue weighted by molar-refractivity contribution is -0.387. The molecule has 28 heavy (non-hydrogen) atoms. The molecule has 0 atom stereocenters. The standard InChI is InChI=1S/C16H10FN5O4S2/c1-28(25,26)15-18-5-4-11(19-15)14-13(20-16-21(14)6-7-27-16)9-2-3-10(17)12(8-9)22(23)24/h2-8H,1H3. The Balaban J connectivity index is 2.00. The lowest BCUT2D eigenvalue weighted by Gasteiger charge is -2.06. The molecule has 0 saturated carbocycles. The van der Waals surface area contributed by atoms with E-state index in [1.54, 1.807) is 16.0 Å². The fourth-order valence-corrected chi connectivity index (χ4v) is 3.91. The third-order valence-corrected chi connectivity index (χ3v) is 5.50. The van der Waals surface area contributed by atoms with Crippen LogP contribution in [0, 0.1) is 15.9 Å². The Morgan fingerprint density at radius 2 is 2.04 bits per heavy atom. The van der Waals surface area contributed by atoms with Gasteiger partial charge in [0.1, 0.15) is 11.4 Å². The number of imidazole rings is 1. The third kappa shape index (κ3) is 3.01. The molecule has 4 aromatic rings.